The minimum Gasteiger partial charge on any atom is -0.489 e. The summed E-state index contributed by atoms with van der Waals surface area (Å²) in [5.74, 6) is -0.584. The number of rotatable bonds is 8. The van der Waals surface area contributed by atoms with Crippen LogP contribution in [0.15, 0.2) is 78.9 Å². The summed E-state index contributed by atoms with van der Waals surface area (Å²) < 4.78 is 11.2. The summed E-state index contributed by atoms with van der Waals surface area (Å²) in [6.45, 7) is 2.22. The molecule has 2 amide bonds. The van der Waals surface area contributed by atoms with Crippen LogP contribution in [-0.4, -0.2) is 35.3 Å². The lowest BCUT2D eigenvalue weighted by molar-refractivity contribution is 0.0303. The normalized spacial score (nSPS) is 13.6. The summed E-state index contributed by atoms with van der Waals surface area (Å²) in [7, 11) is 0. The highest BCUT2D eigenvalue weighted by atomic mass is 16.5. The molecule has 3 aromatic carbocycles. The van der Waals surface area contributed by atoms with Gasteiger partial charge in [-0.05, 0) is 48.4 Å². The molecule has 32 heavy (non-hydrogen) atoms. The number of carbonyl (C=O) groups is 3. The van der Waals surface area contributed by atoms with E-state index >= 15 is 0 Å². The molecule has 0 aromatic heterocycles. The third-order valence-corrected chi connectivity index (χ3v) is 5.41. The predicted molar refractivity (Wildman–Crippen MR) is 119 cm³/mol. The highest BCUT2D eigenvalue weighted by Gasteiger charge is 2.39. The van der Waals surface area contributed by atoms with Gasteiger partial charge in [-0.3, -0.25) is 14.5 Å². The molecule has 4 rings (SSSR count). The summed E-state index contributed by atoms with van der Waals surface area (Å²) in [6, 6.07) is 22.7. The summed E-state index contributed by atoms with van der Waals surface area (Å²) >= 11 is 0. The van der Waals surface area contributed by atoms with Crippen molar-refractivity contribution in [1.29, 1.82) is 0 Å². The lowest BCUT2D eigenvalue weighted by Gasteiger charge is -2.24. The monoisotopic (exact) mass is 429 g/mol. The lowest BCUT2D eigenvalue weighted by atomic mass is 10.1. The van der Waals surface area contributed by atoms with E-state index < -0.39 is 12.0 Å². The van der Waals surface area contributed by atoms with Gasteiger partial charge >= 0.3 is 5.97 Å². The number of amides is 2. The molecule has 1 aliphatic heterocycles. The average molecular weight is 429 g/mol. The van der Waals surface area contributed by atoms with E-state index in [0.717, 1.165) is 5.56 Å². The Morgan fingerprint density at radius 1 is 0.844 bits per heavy atom. The van der Waals surface area contributed by atoms with Gasteiger partial charge in [0.25, 0.3) is 11.8 Å². The molecular formula is C26H23NO5. The Morgan fingerprint density at radius 2 is 1.44 bits per heavy atom. The van der Waals surface area contributed by atoms with Crippen LogP contribution in [0.3, 0.4) is 0 Å². The van der Waals surface area contributed by atoms with Crippen LogP contribution in [0, 0.1) is 0 Å². The molecule has 0 radical (unpaired) electrons. The number of hydrogen-bond acceptors (Lipinski definition) is 5. The third kappa shape index (κ3) is 4.39. The molecular weight excluding hydrogens is 406 g/mol. The molecule has 3 aromatic rings. The molecule has 0 aliphatic carbocycles. The molecule has 0 bridgehead atoms. The first-order valence-corrected chi connectivity index (χ1v) is 10.5. The molecule has 6 heteroatoms. The van der Waals surface area contributed by atoms with Gasteiger partial charge in [-0.15, -0.1) is 0 Å². The van der Waals surface area contributed by atoms with Crippen LogP contribution in [0.4, 0.5) is 0 Å². The van der Waals surface area contributed by atoms with Crippen LogP contribution in [0.25, 0.3) is 0 Å². The molecule has 0 saturated heterocycles. The van der Waals surface area contributed by atoms with E-state index in [1.807, 2.05) is 37.3 Å². The topological polar surface area (TPSA) is 72.9 Å². The van der Waals surface area contributed by atoms with Crippen LogP contribution in [0.2, 0.25) is 0 Å². The van der Waals surface area contributed by atoms with Crippen molar-refractivity contribution in [3.63, 3.8) is 0 Å². The number of esters is 1. The third-order valence-electron chi connectivity index (χ3n) is 5.41. The second-order valence-corrected chi connectivity index (χ2v) is 7.49. The van der Waals surface area contributed by atoms with Gasteiger partial charge in [0.05, 0.1) is 22.7 Å². The maximum atomic E-state index is 12.7. The second-order valence-electron chi connectivity index (χ2n) is 7.49. The van der Waals surface area contributed by atoms with Crippen molar-refractivity contribution in [2.24, 2.45) is 0 Å². The van der Waals surface area contributed by atoms with E-state index in [1.54, 1.807) is 48.5 Å². The fourth-order valence-corrected chi connectivity index (χ4v) is 3.60. The van der Waals surface area contributed by atoms with Crippen molar-refractivity contribution in [2.75, 3.05) is 6.61 Å². The molecule has 1 unspecified atom stereocenters. The molecule has 0 spiro atoms. The van der Waals surface area contributed by atoms with E-state index in [1.165, 1.54) is 4.90 Å². The lowest BCUT2D eigenvalue weighted by Crippen LogP contribution is -2.42. The number of ether oxygens (including phenoxy) is 2. The Bertz CT molecular complexity index is 1090. The number of carbonyl (C=O) groups excluding carboxylic acids is 3. The van der Waals surface area contributed by atoms with Crippen molar-refractivity contribution in [3.8, 4) is 5.75 Å². The van der Waals surface area contributed by atoms with Gasteiger partial charge < -0.3 is 9.47 Å². The Balaban J connectivity index is 1.34. The Labute approximate surface area is 186 Å². The van der Waals surface area contributed by atoms with E-state index in [0.29, 0.717) is 35.5 Å². The van der Waals surface area contributed by atoms with Gasteiger partial charge in [-0.2, -0.15) is 0 Å². The molecule has 0 fully saturated rings. The van der Waals surface area contributed by atoms with Crippen molar-refractivity contribution < 1.29 is 23.9 Å². The first-order chi connectivity index (χ1) is 15.6. The highest BCUT2D eigenvalue weighted by Crippen LogP contribution is 2.26. The number of nitrogens with zero attached hydrogens (tertiary/aromatic N) is 1. The van der Waals surface area contributed by atoms with Gasteiger partial charge in [0, 0.05) is 0 Å². The molecule has 162 valence electrons. The minimum absolute atomic E-state index is 0.0624. The Morgan fingerprint density at radius 3 is 2.03 bits per heavy atom. The quantitative estimate of drug-likeness (QED) is 0.389. The van der Waals surface area contributed by atoms with Crippen molar-refractivity contribution in [3.05, 3.63) is 101 Å². The number of imide groups is 1. The van der Waals surface area contributed by atoms with E-state index in [4.69, 9.17) is 9.47 Å². The largest absolute Gasteiger partial charge is 0.489 e. The molecule has 0 N–H and O–H groups in total. The van der Waals surface area contributed by atoms with Gasteiger partial charge in [0.2, 0.25) is 0 Å². The van der Waals surface area contributed by atoms with Crippen LogP contribution >= 0.6 is 0 Å². The van der Waals surface area contributed by atoms with Crippen LogP contribution in [0.5, 0.6) is 5.75 Å². The fraction of sp³-hybridized carbons (Fsp3) is 0.192. The van der Waals surface area contributed by atoms with E-state index in [2.05, 4.69) is 0 Å². The summed E-state index contributed by atoms with van der Waals surface area (Å²) in [6.07, 6.45) is 0.477. The Hall–Kier alpha value is -3.93. The van der Waals surface area contributed by atoms with Gasteiger partial charge in [-0.1, -0.05) is 49.4 Å². The number of hydrogen-bond donors (Lipinski definition) is 0. The molecule has 1 heterocycles. The first-order valence-electron chi connectivity index (χ1n) is 10.5. The van der Waals surface area contributed by atoms with E-state index in [-0.39, 0.29) is 18.4 Å². The van der Waals surface area contributed by atoms with Gasteiger partial charge in [0.1, 0.15) is 19.0 Å². The van der Waals surface area contributed by atoms with Crippen molar-refractivity contribution >= 4 is 17.8 Å². The van der Waals surface area contributed by atoms with Gasteiger partial charge in [-0.25, -0.2) is 4.79 Å². The first kappa shape index (κ1) is 21.3. The van der Waals surface area contributed by atoms with Crippen molar-refractivity contribution in [2.45, 2.75) is 26.0 Å². The number of fused-ring (bicyclic) bond motifs is 1. The van der Waals surface area contributed by atoms with Crippen LogP contribution < -0.4 is 4.74 Å². The van der Waals surface area contributed by atoms with Crippen LogP contribution in [-0.2, 0) is 11.3 Å². The second kappa shape index (κ2) is 9.47. The maximum Gasteiger partial charge on any atom is 0.338 e. The zero-order valence-corrected chi connectivity index (χ0v) is 17.7. The van der Waals surface area contributed by atoms with Crippen LogP contribution in [0.1, 0.15) is 50.0 Å². The van der Waals surface area contributed by atoms with Gasteiger partial charge in [0.15, 0.2) is 0 Å². The average Bonchev–Trinajstić information content (AvgIpc) is 3.09. The molecule has 1 atom stereocenters. The van der Waals surface area contributed by atoms with Crippen molar-refractivity contribution in [1.82, 2.24) is 4.90 Å². The van der Waals surface area contributed by atoms with E-state index in [9.17, 15) is 14.4 Å². The molecule has 6 nitrogen and oxygen atoms in total. The summed E-state index contributed by atoms with van der Waals surface area (Å²) in [5.41, 5.74) is 2.19. The zero-order valence-electron chi connectivity index (χ0n) is 17.7. The fourth-order valence-electron chi connectivity index (χ4n) is 3.60. The minimum atomic E-state index is -0.528. The maximum absolute atomic E-state index is 12.7. The SMILES string of the molecule is CCC(COC(=O)c1ccc(OCc2ccccc2)cc1)N1C(=O)c2ccccc2C1=O. The summed E-state index contributed by atoms with van der Waals surface area (Å²) in [4.78, 5) is 39.0. The standard InChI is InChI=1S/C26H23NO5/c1-2-20(27-24(28)22-10-6-7-11-23(22)25(27)29)17-32-26(30)19-12-14-21(15-13-19)31-16-18-8-4-3-5-9-18/h3-15,20H,2,16-17H2,1H3. The predicted octanol–water partition coefficient (Wildman–Crippen LogP) is 4.50. The highest BCUT2D eigenvalue weighted by molar-refractivity contribution is 6.21. The smallest absolute Gasteiger partial charge is 0.338 e. The Kier molecular flexibility index (Phi) is 6.31. The summed E-state index contributed by atoms with van der Waals surface area (Å²) in [5, 5.41) is 0. The number of benzene rings is 3. The zero-order chi connectivity index (χ0) is 22.5. The molecule has 1 aliphatic rings. The molecule has 0 saturated carbocycles.